The van der Waals surface area contributed by atoms with Crippen LogP contribution in [-0.4, -0.2) is 47.3 Å². The van der Waals surface area contributed by atoms with E-state index in [1.165, 1.54) is 6.92 Å². The van der Waals surface area contributed by atoms with Gasteiger partial charge in [0.25, 0.3) is 0 Å². The number of aliphatic hydroxyl groups is 1. The lowest BCUT2D eigenvalue weighted by atomic mass is 9.98. The molecule has 6 heteroatoms. The fourth-order valence-electron chi connectivity index (χ4n) is 1.74. The van der Waals surface area contributed by atoms with Gasteiger partial charge in [0, 0.05) is 6.54 Å². The summed E-state index contributed by atoms with van der Waals surface area (Å²) in [4.78, 5) is 22.5. The molecule has 2 unspecified atom stereocenters. The number of carboxylic acid groups (broad SMARTS) is 1. The smallest absolute Gasteiger partial charge is 0.328 e. The van der Waals surface area contributed by atoms with Crippen molar-refractivity contribution in [3.05, 3.63) is 0 Å². The van der Waals surface area contributed by atoms with E-state index in [9.17, 15) is 14.7 Å². The monoisotopic (exact) mass is 230 g/mol. The van der Waals surface area contributed by atoms with Crippen molar-refractivity contribution in [3.8, 4) is 0 Å². The molecule has 16 heavy (non-hydrogen) atoms. The van der Waals surface area contributed by atoms with Gasteiger partial charge < -0.3 is 20.8 Å². The van der Waals surface area contributed by atoms with Crippen LogP contribution in [0.4, 0.5) is 0 Å². The molecule has 0 bridgehead atoms. The topological polar surface area (TPSA) is 98.7 Å². The molecule has 0 saturated carbocycles. The Labute approximate surface area is 94.0 Å². The molecule has 1 saturated heterocycles. The summed E-state index contributed by atoms with van der Waals surface area (Å²) in [5.74, 6) is -1.72. The van der Waals surface area contributed by atoms with Gasteiger partial charge in [0.2, 0.25) is 5.91 Å². The summed E-state index contributed by atoms with van der Waals surface area (Å²) in [6.07, 6.45) is 0.563. The summed E-state index contributed by atoms with van der Waals surface area (Å²) in [6, 6.07) is -1.23. The van der Waals surface area contributed by atoms with Crippen LogP contribution in [0.25, 0.3) is 0 Å². The number of carbonyl (C=O) groups excluding carboxylic acids is 1. The van der Waals surface area contributed by atoms with Crippen molar-refractivity contribution in [1.29, 1.82) is 0 Å². The van der Waals surface area contributed by atoms with Crippen molar-refractivity contribution in [2.45, 2.75) is 31.9 Å². The molecule has 6 nitrogen and oxygen atoms in total. The van der Waals surface area contributed by atoms with Crippen LogP contribution >= 0.6 is 0 Å². The van der Waals surface area contributed by atoms with E-state index < -0.39 is 18.1 Å². The van der Waals surface area contributed by atoms with Crippen molar-refractivity contribution < 1.29 is 19.8 Å². The number of piperidine rings is 1. The van der Waals surface area contributed by atoms with Gasteiger partial charge in [-0.15, -0.1) is 0 Å². The number of rotatable bonds is 4. The van der Waals surface area contributed by atoms with Crippen LogP contribution < -0.4 is 10.6 Å². The second-order valence-corrected chi connectivity index (χ2v) is 4.11. The molecule has 0 radical (unpaired) electrons. The summed E-state index contributed by atoms with van der Waals surface area (Å²) in [5, 5.41) is 23.5. The fraction of sp³-hybridized carbons (Fsp3) is 0.800. The third-order valence-electron chi connectivity index (χ3n) is 2.71. The molecular formula is C10H18N2O4. The number of hydrogen-bond donors (Lipinski definition) is 4. The van der Waals surface area contributed by atoms with E-state index in [1.54, 1.807) is 0 Å². The Balaban J connectivity index is 2.50. The average Bonchev–Trinajstić information content (AvgIpc) is 2.25. The molecule has 0 aromatic carbocycles. The fourth-order valence-corrected chi connectivity index (χ4v) is 1.74. The van der Waals surface area contributed by atoms with Gasteiger partial charge in [-0.1, -0.05) is 0 Å². The molecule has 4 N–H and O–H groups in total. The lowest BCUT2D eigenvalue weighted by Gasteiger charge is -2.24. The lowest BCUT2D eigenvalue weighted by Crippen LogP contribution is -2.51. The predicted molar refractivity (Wildman–Crippen MR) is 56.8 cm³/mol. The van der Waals surface area contributed by atoms with E-state index in [1.807, 2.05) is 0 Å². The maximum absolute atomic E-state index is 11.7. The number of amides is 1. The van der Waals surface area contributed by atoms with Gasteiger partial charge in [-0.05, 0) is 26.3 Å². The van der Waals surface area contributed by atoms with E-state index in [4.69, 9.17) is 5.11 Å². The first-order valence-corrected chi connectivity index (χ1v) is 5.44. The first-order chi connectivity index (χ1) is 7.52. The molecule has 1 fully saturated rings. The molecule has 0 aromatic rings. The molecular weight excluding hydrogens is 212 g/mol. The van der Waals surface area contributed by atoms with Crippen LogP contribution in [0.5, 0.6) is 0 Å². The quantitative estimate of drug-likeness (QED) is 0.493. The first kappa shape index (κ1) is 12.9. The van der Waals surface area contributed by atoms with Crippen LogP contribution in [0.1, 0.15) is 19.8 Å². The number of hydrogen-bond acceptors (Lipinski definition) is 4. The third kappa shape index (κ3) is 3.46. The van der Waals surface area contributed by atoms with Crippen LogP contribution in [0.3, 0.4) is 0 Å². The number of nitrogens with one attached hydrogen (secondary N) is 2. The van der Waals surface area contributed by atoms with Crippen molar-refractivity contribution in [2.24, 2.45) is 5.92 Å². The number of aliphatic hydroxyl groups excluding tert-OH is 1. The van der Waals surface area contributed by atoms with Crippen LogP contribution in [-0.2, 0) is 9.59 Å². The molecule has 3 atom stereocenters. The van der Waals surface area contributed by atoms with E-state index in [0.29, 0.717) is 6.54 Å². The minimum absolute atomic E-state index is 0.200. The maximum atomic E-state index is 11.7. The average molecular weight is 230 g/mol. The van der Waals surface area contributed by atoms with Gasteiger partial charge in [-0.2, -0.15) is 0 Å². The Morgan fingerprint density at radius 1 is 1.50 bits per heavy atom. The van der Waals surface area contributed by atoms with E-state index in [0.717, 1.165) is 19.4 Å². The van der Waals surface area contributed by atoms with Gasteiger partial charge in [-0.25, -0.2) is 4.79 Å². The highest BCUT2D eigenvalue weighted by molar-refractivity contribution is 5.85. The minimum Gasteiger partial charge on any atom is -0.480 e. The van der Waals surface area contributed by atoms with E-state index in [2.05, 4.69) is 10.6 Å². The number of carbonyl (C=O) groups is 2. The van der Waals surface area contributed by atoms with Crippen molar-refractivity contribution in [1.82, 2.24) is 10.6 Å². The normalized spacial score (nSPS) is 24.5. The Morgan fingerprint density at radius 2 is 2.19 bits per heavy atom. The summed E-state index contributed by atoms with van der Waals surface area (Å²) in [5.41, 5.74) is 0. The Kier molecular flexibility index (Phi) is 4.70. The van der Waals surface area contributed by atoms with E-state index in [-0.39, 0.29) is 11.8 Å². The van der Waals surface area contributed by atoms with Crippen molar-refractivity contribution in [3.63, 3.8) is 0 Å². The van der Waals surface area contributed by atoms with Gasteiger partial charge >= 0.3 is 5.97 Å². The zero-order valence-electron chi connectivity index (χ0n) is 9.27. The zero-order valence-corrected chi connectivity index (χ0v) is 9.27. The molecule has 92 valence electrons. The standard InChI is InChI=1S/C10H18N2O4/c1-6(13)8(10(15)16)12-9(14)7-3-2-4-11-5-7/h6-8,11,13H,2-5H2,1H3,(H,12,14)(H,15,16)/t6?,7-,8?/m0/s1. The van der Waals surface area contributed by atoms with Crippen LogP contribution in [0.2, 0.25) is 0 Å². The molecule has 1 aliphatic heterocycles. The Morgan fingerprint density at radius 3 is 2.62 bits per heavy atom. The second-order valence-electron chi connectivity index (χ2n) is 4.11. The van der Waals surface area contributed by atoms with Crippen molar-refractivity contribution >= 4 is 11.9 Å². The minimum atomic E-state index is -1.23. The molecule has 1 heterocycles. The van der Waals surface area contributed by atoms with Gasteiger partial charge in [0.05, 0.1) is 12.0 Å². The second kappa shape index (κ2) is 5.81. The molecule has 1 rings (SSSR count). The summed E-state index contributed by atoms with van der Waals surface area (Å²) in [6.45, 7) is 2.80. The van der Waals surface area contributed by atoms with Gasteiger partial charge in [-0.3, -0.25) is 4.79 Å². The number of aliphatic carboxylic acids is 1. The zero-order chi connectivity index (χ0) is 12.1. The van der Waals surface area contributed by atoms with Crippen LogP contribution in [0, 0.1) is 5.92 Å². The van der Waals surface area contributed by atoms with Gasteiger partial charge in [0.1, 0.15) is 0 Å². The third-order valence-corrected chi connectivity index (χ3v) is 2.71. The van der Waals surface area contributed by atoms with Crippen molar-refractivity contribution in [2.75, 3.05) is 13.1 Å². The number of carboxylic acids is 1. The Hall–Kier alpha value is -1.14. The summed E-state index contributed by atoms with van der Waals surface area (Å²) >= 11 is 0. The van der Waals surface area contributed by atoms with E-state index >= 15 is 0 Å². The SMILES string of the molecule is CC(O)C(NC(=O)[C@H]1CCCNC1)C(=O)O. The predicted octanol–water partition coefficient (Wildman–Crippen LogP) is -1.06. The van der Waals surface area contributed by atoms with Gasteiger partial charge in [0.15, 0.2) is 6.04 Å². The largest absolute Gasteiger partial charge is 0.480 e. The lowest BCUT2D eigenvalue weighted by molar-refractivity contribution is -0.145. The molecule has 0 aromatic heterocycles. The Bertz CT molecular complexity index is 262. The molecule has 0 spiro atoms. The first-order valence-electron chi connectivity index (χ1n) is 5.44. The summed E-state index contributed by atoms with van der Waals surface area (Å²) in [7, 11) is 0. The maximum Gasteiger partial charge on any atom is 0.328 e. The molecule has 1 amide bonds. The summed E-state index contributed by atoms with van der Waals surface area (Å²) < 4.78 is 0. The molecule has 1 aliphatic rings. The highest BCUT2D eigenvalue weighted by Gasteiger charge is 2.29. The highest BCUT2D eigenvalue weighted by Crippen LogP contribution is 2.10. The highest BCUT2D eigenvalue weighted by atomic mass is 16.4. The molecule has 0 aliphatic carbocycles. The van der Waals surface area contributed by atoms with Crippen LogP contribution in [0.15, 0.2) is 0 Å².